The van der Waals surface area contributed by atoms with E-state index in [9.17, 15) is 12.8 Å². The van der Waals surface area contributed by atoms with Gasteiger partial charge in [-0.25, -0.2) is 12.8 Å². The third-order valence-electron chi connectivity index (χ3n) is 0.955. The summed E-state index contributed by atoms with van der Waals surface area (Å²) in [7, 11) is -2.63. The highest BCUT2D eigenvalue weighted by Crippen LogP contribution is 2.01. The molecule has 1 aromatic carbocycles. The first kappa shape index (κ1) is 7.21. The van der Waals surface area contributed by atoms with Gasteiger partial charge in [-0.05, 0) is 18.2 Å². The van der Waals surface area contributed by atoms with Crippen LogP contribution < -0.4 is 0 Å². The second kappa shape index (κ2) is 2.79. The van der Waals surface area contributed by atoms with Crippen LogP contribution in [0.2, 0.25) is 0 Å². The average molecular weight is 159 g/mol. The molecule has 0 N–H and O–H groups in total. The molecule has 0 fully saturated rings. The van der Waals surface area contributed by atoms with E-state index in [4.69, 9.17) is 0 Å². The number of benzene rings is 1. The normalized spacial score (nSPS) is 10.2. The van der Waals surface area contributed by atoms with E-state index in [0.717, 1.165) is 12.1 Å². The van der Waals surface area contributed by atoms with Gasteiger partial charge in [0, 0.05) is 6.07 Å². The molecule has 1 rings (SSSR count). The average Bonchev–Trinajstić information content (AvgIpc) is 1.88. The quantitative estimate of drug-likeness (QED) is 0.609. The SMILES string of the molecule is O=[SH](=O)c1[c]cc(F)cc1. The van der Waals surface area contributed by atoms with Gasteiger partial charge in [-0.1, -0.05) is 0 Å². The Balaban J connectivity index is 3.12. The lowest BCUT2D eigenvalue weighted by Gasteiger charge is -1.86. The van der Waals surface area contributed by atoms with E-state index >= 15 is 0 Å². The molecule has 53 valence electrons. The minimum absolute atomic E-state index is 0.0106. The molecule has 0 aliphatic rings. The highest BCUT2D eigenvalue weighted by Gasteiger charge is 1.93. The fraction of sp³-hybridized carbons (Fsp3) is 0. The van der Waals surface area contributed by atoms with E-state index in [1.807, 2.05) is 0 Å². The van der Waals surface area contributed by atoms with E-state index in [2.05, 4.69) is 6.07 Å². The van der Waals surface area contributed by atoms with Crippen molar-refractivity contribution in [2.45, 2.75) is 4.90 Å². The van der Waals surface area contributed by atoms with Crippen molar-refractivity contribution in [1.82, 2.24) is 0 Å². The molecular formula is C6H4FO2S. The Labute approximate surface area is 59.3 Å². The molecule has 10 heavy (non-hydrogen) atoms. The largest absolute Gasteiger partial charge is 0.227 e. The Bertz CT molecular complexity index is 281. The van der Waals surface area contributed by atoms with Crippen LogP contribution in [0.5, 0.6) is 0 Å². The molecule has 0 atom stereocenters. The minimum Gasteiger partial charge on any atom is -0.227 e. The molecule has 0 aliphatic carbocycles. The van der Waals surface area contributed by atoms with E-state index < -0.39 is 16.5 Å². The van der Waals surface area contributed by atoms with Crippen LogP contribution in [0.25, 0.3) is 0 Å². The summed E-state index contributed by atoms with van der Waals surface area (Å²) >= 11 is 0. The lowest BCUT2D eigenvalue weighted by molar-refractivity contribution is 0.611. The molecule has 1 aromatic rings. The van der Waals surface area contributed by atoms with Gasteiger partial charge >= 0.3 is 0 Å². The molecular weight excluding hydrogens is 155 g/mol. The van der Waals surface area contributed by atoms with E-state index in [1.165, 1.54) is 6.07 Å². The standard InChI is InChI=1S/C6H4FO2S/c7-5-1-3-6(4-2-5)10(8)9/h1-3,10H. The third-order valence-corrected chi connectivity index (χ3v) is 1.63. The zero-order valence-electron chi connectivity index (χ0n) is 4.87. The number of hydrogen-bond acceptors (Lipinski definition) is 2. The summed E-state index contributed by atoms with van der Waals surface area (Å²) in [5.74, 6) is -0.486. The third kappa shape index (κ3) is 1.54. The van der Waals surface area contributed by atoms with Crippen LogP contribution in [0.3, 0.4) is 0 Å². The predicted molar refractivity (Wildman–Crippen MR) is 33.8 cm³/mol. The Morgan fingerprint density at radius 3 is 2.50 bits per heavy atom. The van der Waals surface area contributed by atoms with Gasteiger partial charge in [-0.3, -0.25) is 0 Å². The Kier molecular flexibility index (Phi) is 2.01. The van der Waals surface area contributed by atoms with Crippen molar-refractivity contribution in [2.24, 2.45) is 0 Å². The van der Waals surface area contributed by atoms with Gasteiger partial charge in [-0.15, -0.1) is 0 Å². The van der Waals surface area contributed by atoms with Crippen LogP contribution in [-0.4, -0.2) is 8.42 Å². The van der Waals surface area contributed by atoms with Crippen molar-refractivity contribution in [2.75, 3.05) is 0 Å². The highest BCUT2D eigenvalue weighted by atomic mass is 32.2. The van der Waals surface area contributed by atoms with E-state index in [1.54, 1.807) is 0 Å². The van der Waals surface area contributed by atoms with Gasteiger partial charge in [-0.2, -0.15) is 0 Å². The molecule has 4 heteroatoms. The zero-order chi connectivity index (χ0) is 7.56. The number of halogens is 1. The second-order valence-corrected chi connectivity index (χ2v) is 2.65. The second-order valence-electron chi connectivity index (χ2n) is 1.65. The fourth-order valence-electron chi connectivity index (χ4n) is 0.511. The van der Waals surface area contributed by atoms with Gasteiger partial charge in [0.2, 0.25) is 0 Å². The molecule has 1 radical (unpaired) electrons. The lowest BCUT2D eigenvalue weighted by atomic mass is 10.4. The summed E-state index contributed by atoms with van der Waals surface area (Å²) in [6, 6.07) is 5.50. The highest BCUT2D eigenvalue weighted by molar-refractivity contribution is 7.72. The first-order valence-electron chi connectivity index (χ1n) is 2.52. The van der Waals surface area contributed by atoms with Crippen molar-refractivity contribution in [3.63, 3.8) is 0 Å². The predicted octanol–water partition coefficient (Wildman–Crippen LogP) is 0.596. The topological polar surface area (TPSA) is 34.1 Å². The molecule has 0 unspecified atom stereocenters. The first-order chi connectivity index (χ1) is 4.70. The Morgan fingerprint density at radius 1 is 1.40 bits per heavy atom. The number of thiol groups is 1. The van der Waals surface area contributed by atoms with Gasteiger partial charge in [0.1, 0.15) is 5.82 Å². The monoisotopic (exact) mass is 159 g/mol. The maximum atomic E-state index is 12.1. The first-order valence-corrected chi connectivity index (χ1v) is 3.69. The van der Waals surface area contributed by atoms with Crippen LogP contribution >= 0.6 is 0 Å². The zero-order valence-corrected chi connectivity index (χ0v) is 5.77. The summed E-state index contributed by atoms with van der Waals surface area (Å²) in [6.07, 6.45) is 0. The molecule has 0 aromatic heterocycles. The van der Waals surface area contributed by atoms with E-state index in [0.29, 0.717) is 0 Å². The van der Waals surface area contributed by atoms with Gasteiger partial charge < -0.3 is 0 Å². The maximum absolute atomic E-state index is 12.1. The molecule has 0 bridgehead atoms. The number of hydrogen-bond donors (Lipinski definition) is 1. The van der Waals surface area contributed by atoms with Crippen molar-refractivity contribution in [1.29, 1.82) is 0 Å². The van der Waals surface area contributed by atoms with Crippen LogP contribution in [0, 0.1) is 11.9 Å². The summed E-state index contributed by atoms with van der Waals surface area (Å²) < 4.78 is 32.5. The van der Waals surface area contributed by atoms with Crippen LogP contribution in [0.1, 0.15) is 0 Å². The summed E-state index contributed by atoms with van der Waals surface area (Å²) in [5, 5.41) is 0. The summed E-state index contributed by atoms with van der Waals surface area (Å²) in [5.41, 5.74) is 0. The fourth-order valence-corrected chi connectivity index (χ4v) is 0.877. The van der Waals surface area contributed by atoms with Crippen molar-refractivity contribution in [3.05, 3.63) is 30.1 Å². The van der Waals surface area contributed by atoms with E-state index in [-0.39, 0.29) is 4.90 Å². The maximum Gasteiger partial charge on any atom is 0.168 e. The van der Waals surface area contributed by atoms with Crippen molar-refractivity contribution < 1.29 is 12.8 Å². The Morgan fingerprint density at radius 2 is 2.10 bits per heavy atom. The smallest absolute Gasteiger partial charge is 0.168 e. The van der Waals surface area contributed by atoms with Gasteiger partial charge in [0.05, 0.1) is 4.90 Å². The summed E-state index contributed by atoms with van der Waals surface area (Å²) in [6.45, 7) is 0. The van der Waals surface area contributed by atoms with Crippen LogP contribution in [-0.2, 0) is 10.7 Å². The molecule has 0 amide bonds. The summed E-state index contributed by atoms with van der Waals surface area (Å²) in [4.78, 5) is 0.0106. The Hall–Kier alpha value is -0.900. The lowest BCUT2D eigenvalue weighted by Crippen LogP contribution is -1.80. The molecule has 0 heterocycles. The minimum atomic E-state index is -2.63. The molecule has 0 saturated heterocycles. The van der Waals surface area contributed by atoms with Crippen LogP contribution in [0.4, 0.5) is 4.39 Å². The molecule has 2 nitrogen and oxygen atoms in total. The molecule has 0 saturated carbocycles. The molecule has 0 aliphatic heterocycles. The van der Waals surface area contributed by atoms with Gasteiger partial charge in [0.15, 0.2) is 10.7 Å². The molecule has 0 spiro atoms. The number of rotatable bonds is 1. The van der Waals surface area contributed by atoms with Gasteiger partial charge in [0.25, 0.3) is 0 Å². The van der Waals surface area contributed by atoms with Crippen molar-refractivity contribution in [3.8, 4) is 0 Å². The van der Waals surface area contributed by atoms with Crippen molar-refractivity contribution >= 4 is 10.7 Å². The van der Waals surface area contributed by atoms with Crippen LogP contribution in [0.15, 0.2) is 23.1 Å².